The number of hydrogen-bond donors (Lipinski definition) is 1. The zero-order chi connectivity index (χ0) is 20.4. The van der Waals surface area contributed by atoms with E-state index in [0.717, 1.165) is 0 Å². The normalized spacial score (nSPS) is 21.9. The van der Waals surface area contributed by atoms with E-state index in [1.54, 1.807) is 6.07 Å². The fraction of sp³-hybridized carbons (Fsp3) is 0.591. The summed E-state index contributed by atoms with van der Waals surface area (Å²) >= 11 is 1.83. The first kappa shape index (κ1) is 20.4. The number of fused-ring (bicyclic) bond motifs is 1. The maximum absolute atomic E-state index is 14.4. The van der Waals surface area contributed by atoms with Gasteiger partial charge in [0, 0.05) is 23.3 Å². The van der Waals surface area contributed by atoms with Crippen LogP contribution in [0.4, 0.5) is 4.39 Å². The van der Waals surface area contributed by atoms with Gasteiger partial charge in [-0.1, -0.05) is 0 Å². The average Bonchev–Trinajstić information content (AvgIpc) is 3.49. The van der Waals surface area contributed by atoms with Gasteiger partial charge in [-0.15, -0.1) is 0 Å². The number of ether oxygens (including phenoxy) is 1. The van der Waals surface area contributed by atoms with Gasteiger partial charge in [0.1, 0.15) is 43.1 Å². The topological polar surface area (TPSA) is 58.0 Å². The number of H-pyrrole nitrogens is 1. The summed E-state index contributed by atoms with van der Waals surface area (Å²) in [5, 5.41) is 0.588. The van der Waals surface area contributed by atoms with Crippen LogP contribution < -0.4 is 10.3 Å². The molecule has 2 fully saturated rings. The number of aromatic amines is 1. The minimum atomic E-state index is -0.572. The third kappa shape index (κ3) is 5.38. The highest BCUT2D eigenvalue weighted by Gasteiger charge is 2.23. The summed E-state index contributed by atoms with van der Waals surface area (Å²) < 4.78 is 22.3. The molecule has 0 bridgehead atoms. The van der Waals surface area contributed by atoms with Gasteiger partial charge in [-0.25, -0.2) is 13.9 Å². The molecule has 29 heavy (non-hydrogen) atoms. The summed E-state index contributed by atoms with van der Waals surface area (Å²) in [6, 6.07) is 2.98. The number of hydrogen-bond acceptors (Lipinski definition) is 4. The number of thioether (sulfide) groups is 1. The Morgan fingerprint density at radius 1 is 1.24 bits per heavy atom. The third-order valence-electron chi connectivity index (χ3n) is 5.65. The van der Waals surface area contributed by atoms with E-state index in [1.165, 1.54) is 44.6 Å². The molecule has 0 radical (unpaired) electrons. The van der Waals surface area contributed by atoms with E-state index in [0.29, 0.717) is 46.5 Å². The predicted molar refractivity (Wildman–Crippen MR) is 116 cm³/mol. The van der Waals surface area contributed by atoms with Gasteiger partial charge in [-0.3, -0.25) is 4.79 Å². The second kappa shape index (κ2) is 8.86. The Bertz CT molecular complexity index is 958. The number of nitrogens with one attached hydrogen (secondary N) is 1. The molecule has 0 saturated heterocycles. The van der Waals surface area contributed by atoms with Gasteiger partial charge in [0.2, 0.25) is 0 Å². The van der Waals surface area contributed by atoms with Gasteiger partial charge in [0.05, 0.1) is 17.9 Å². The first-order valence-electron chi connectivity index (χ1n) is 10.5. The lowest BCUT2D eigenvalue weighted by molar-refractivity contribution is -0.462. The number of nitrogens with zero attached hydrogens (tertiary/aromatic N) is 2. The first-order valence-corrected chi connectivity index (χ1v) is 11.5. The zero-order valence-electron chi connectivity index (χ0n) is 17.1. The van der Waals surface area contributed by atoms with Crippen molar-refractivity contribution >= 4 is 28.9 Å². The van der Waals surface area contributed by atoms with Gasteiger partial charge >= 0.3 is 0 Å². The Kier molecular flexibility index (Phi) is 6.23. The monoisotopic (exact) mass is 418 g/mol. The lowest BCUT2D eigenvalue weighted by Gasteiger charge is -2.24. The van der Waals surface area contributed by atoms with Crippen LogP contribution in [0.5, 0.6) is 5.75 Å². The van der Waals surface area contributed by atoms with Crippen LogP contribution in [0.25, 0.3) is 10.9 Å². The van der Waals surface area contributed by atoms with E-state index in [4.69, 9.17) is 4.74 Å². The molecule has 0 aliphatic heterocycles. The Morgan fingerprint density at radius 2 is 2.00 bits per heavy atom. The predicted octanol–water partition coefficient (Wildman–Crippen LogP) is 3.99. The van der Waals surface area contributed by atoms with Crippen molar-refractivity contribution in [1.29, 1.82) is 0 Å². The molecule has 1 aromatic carbocycles. The molecule has 2 aromatic rings. The van der Waals surface area contributed by atoms with Crippen molar-refractivity contribution in [3.63, 3.8) is 0 Å². The van der Waals surface area contributed by atoms with E-state index in [1.807, 2.05) is 11.8 Å². The molecular formula is C22H29FN3O2S+. The Labute approximate surface area is 174 Å². The number of aromatic nitrogens is 2. The van der Waals surface area contributed by atoms with Crippen molar-refractivity contribution in [2.45, 2.75) is 49.5 Å². The molecule has 7 heteroatoms. The minimum Gasteiger partial charge on any atom is -0.493 e. The zero-order valence-corrected chi connectivity index (χ0v) is 17.9. The van der Waals surface area contributed by atoms with Gasteiger partial charge < -0.3 is 9.72 Å². The van der Waals surface area contributed by atoms with Crippen LogP contribution in [0.1, 0.15) is 44.3 Å². The van der Waals surface area contributed by atoms with Gasteiger partial charge in [0.25, 0.3) is 5.56 Å². The van der Waals surface area contributed by atoms with Crippen LogP contribution in [0.15, 0.2) is 16.9 Å². The van der Waals surface area contributed by atoms with Gasteiger partial charge in [-0.05, 0) is 44.4 Å². The summed E-state index contributed by atoms with van der Waals surface area (Å²) in [6.45, 7) is 0.602. The largest absolute Gasteiger partial charge is 0.493 e. The third-order valence-corrected chi connectivity index (χ3v) is 7.03. The second-order valence-electron chi connectivity index (χ2n) is 8.53. The van der Waals surface area contributed by atoms with Crippen LogP contribution in [0.2, 0.25) is 0 Å². The fourth-order valence-electron chi connectivity index (χ4n) is 3.92. The van der Waals surface area contributed by atoms with Crippen molar-refractivity contribution in [2.24, 2.45) is 11.8 Å². The average molecular weight is 419 g/mol. The molecule has 1 heterocycles. The minimum absolute atomic E-state index is 0.0113. The molecular weight excluding hydrogens is 389 g/mol. The highest BCUT2D eigenvalue weighted by atomic mass is 32.2. The highest BCUT2D eigenvalue weighted by molar-refractivity contribution is 7.99. The molecule has 0 spiro atoms. The molecule has 2 aliphatic rings. The van der Waals surface area contributed by atoms with Crippen LogP contribution in [0.3, 0.4) is 0 Å². The molecule has 5 nitrogen and oxygen atoms in total. The van der Waals surface area contributed by atoms with Crippen molar-refractivity contribution < 1.29 is 13.7 Å². The molecule has 156 valence electrons. The van der Waals surface area contributed by atoms with Crippen LogP contribution in [0, 0.1) is 17.7 Å². The van der Waals surface area contributed by atoms with E-state index in [9.17, 15) is 9.18 Å². The second-order valence-corrected chi connectivity index (χ2v) is 9.82. The lowest BCUT2D eigenvalue weighted by Crippen LogP contribution is -2.20. The highest BCUT2D eigenvalue weighted by Crippen LogP contribution is 2.33. The summed E-state index contributed by atoms with van der Waals surface area (Å²) in [5.74, 6) is 2.36. The molecule has 4 rings (SSSR count). The Morgan fingerprint density at radius 3 is 2.69 bits per heavy atom. The van der Waals surface area contributed by atoms with Crippen LogP contribution in [-0.2, 0) is 5.75 Å². The SMILES string of the molecule is C[N+](C)=CC1CCC(SCc2nc3cc(OCC4CC4)cc(F)c3c(=O)[nH]2)CC1. The summed E-state index contributed by atoms with van der Waals surface area (Å²) in [4.78, 5) is 19.7. The molecule has 2 saturated carbocycles. The maximum atomic E-state index is 14.4. The summed E-state index contributed by atoms with van der Waals surface area (Å²) in [5.41, 5.74) is -0.0411. The van der Waals surface area contributed by atoms with E-state index < -0.39 is 11.4 Å². The fourth-order valence-corrected chi connectivity index (χ4v) is 5.06. The summed E-state index contributed by atoms with van der Waals surface area (Å²) in [7, 11) is 4.15. The maximum Gasteiger partial charge on any atom is 0.261 e. The van der Waals surface area contributed by atoms with E-state index in [2.05, 4.69) is 34.9 Å². The standard InChI is InChI=1S/C22H28FN3O2S/c1-26(2)11-14-5-7-17(8-6-14)29-13-20-24-19-10-16(28-12-15-3-4-15)9-18(23)21(19)22(27)25-20/h9-11,14-15,17H,3-8,12-13H2,1-2H3/p+1. The number of benzene rings is 1. The first-order chi connectivity index (χ1) is 14.0. The quantitative estimate of drug-likeness (QED) is 0.546. The smallest absolute Gasteiger partial charge is 0.261 e. The molecule has 0 amide bonds. The molecule has 1 N–H and O–H groups in total. The van der Waals surface area contributed by atoms with Crippen molar-refractivity contribution in [3.05, 3.63) is 34.1 Å². The number of rotatable bonds is 7. The summed E-state index contributed by atoms with van der Waals surface area (Å²) in [6.07, 6.45) is 9.39. The van der Waals surface area contributed by atoms with Crippen molar-refractivity contribution in [2.75, 3.05) is 20.7 Å². The molecule has 2 aliphatic carbocycles. The molecule has 0 unspecified atom stereocenters. The van der Waals surface area contributed by atoms with Crippen molar-refractivity contribution in [1.82, 2.24) is 9.97 Å². The molecule has 1 aromatic heterocycles. The van der Waals surface area contributed by atoms with Crippen molar-refractivity contribution in [3.8, 4) is 5.75 Å². The van der Waals surface area contributed by atoms with Crippen LogP contribution in [-0.4, -0.2) is 46.7 Å². The lowest BCUT2D eigenvalue weighted by atomic mass is 9.90. The Hall–Kier alpha value is -1.89. The van der Waals surface area contributed by atoms with Crippen LogP contribution >= 0.6 is 11.8 Å². The van der Waals surface area contributed by atoms with Gasteiger partial charge in [0.15, 0.2) is 0 Å². The van der Waals surface area contributed by atoms with E-state index >= 15 is 0 Å². The molecule has 0 atom stereocenters. The Balaban J connectivity index is 1.42. The van der Waals surface area contributed by atoms with E-state index in [-0.39, 0.29) is 5.39 Å². The number of halogens is 1. The van der Waals surface area contributed by atoms with Gasteiger partial charge in [-0.2, -0.15) is 11.8 Å².